The number of hydrogen-bond donors (Lipinski definition) is 5. The molecule has 0 aliphatic carbocycles. The molecule has 0 saturated heterocycles. The summed E-state index contributed by atoms with van der Waals surface area (Å²) in [6.45, 7) is 4.81. The number of carbonyl (C=O) groups is 1. The van der Waals surface area contributed by atoms with Crippen molar-refractivity contribution in [2.75, 3.05) is 13.2 Å². The van der Waals surface area contributed by atoms with Crippen LogP contribution in [0.15, 0.2) is 24.3 Å². The first-order valence-corrected chi connectivity index (χ1v) is 7.68. The number of aliphatic hydroxyl groups is 5. The summed E-state index contributed by atoms with van der Waals surface area (Å²) in [6, 6.07) is 6.83. The second kappa shape index (κ2) is 8.55. The van der Waals surface area contributed by atoms with E-state index >= 15 is 0 Å². The van der Waals surface area contributed by atoms with Crippen molar-refractivity contribution in [1.82, 2.24) is 0 Å². The number of hydrogen-bond acceptors (Lipinski definition) is 7. The summed E-state index contributed by atoms with van der Waals surface area (Å²) in [4.78, 5) is 11.9. The minimum atomic E-state index is -1.76. The number of ether oxygens (including phenoxy) is 1. The van der Waals surface area contributed by atoms with Crippen LogP contribution in [-0.4, -0.2) is 69.1 Å². The lowest BCUT2D eigenvalue weighted by atomic mass is 9.87. The van der Waals surface area contributed by atoms with Crippen LogP contribution >= 0.6 is 0 Å². The zero-order valence-corrected chi connectivity index (χ0v) is 14.1. The Hall–Kier alpha value is -1.51. The molecule has 0 amide bonds. The van der Waals surface area contributed by atoms with Crippen LogP contribution in [0.25, 0.3) is 0 Å². The monoisotopic (exact) mass is 342 g/mol. The van der Waals surface area contributed by atoms with E-state index in [2.05, 4.69) is 0 Å². The van der Waals surface area contributed by atoms with E-state index in [9.17, 15) is 25.2 Å². The smallest absolute Gasteiger partial charge is 0.338 e. The van der Waals surface area contributed by atoms with Gasteiger partial charge in [0.05, 0.1) is 12.2 Å². The third kappa shape index (κ3) is 5.54. The Morgan fingerprint density at radius 1 is 1.00 bits per heavy atom. The molecular formula is C17H26O7. The molecular weight excluding hydrogens is 316 g/mol. The van der Waals surface area contributed by atoms with Crippen molar-refractivity contribution in [1.29, 1.82) is 0 Å². The van der Waals surface area contributed by atoms with Gasteiger partial charge >= 0.3 is 5.97 Å². The predicted octanol–water partition coefficient (Wildman–Crippen LogP) is -0.423. The second-order valence-corrected chi connectivity index (χ2v) is 6.72. The van der Waals surface area contributed by atoms with Gasteiger partial charge in [0.2, 0.25) is 0 Å². The van der Waals surface area contributed by atoms with Crippen molar-refractivity contribution in [3.8, 4) is 0 Å². The molecule has 0 heterocycles. The highest BCUT2D eigenvalue weighted by atomic mass is 16.5. The average Bonchev–Trinajstić information content (AvgIpc) is 2.56. The van der Waals surface area contributed by atoms with Gasteiger partial charge in [0.1, 0.15) is 31.0 Å². The summed E-state index contributed by atoms with van der Waals surface area (Å²) in [6.07, 6.45) is -6.72. The molecule has 0 radical (unpaired) electrons. The minimum Gasteiger partial charge on any atom is -0.459 e. The van der Waals surface area contributed by atoms with Gasteiger partial charge in [-0.3, -0.25) is 0 Å². The van der Waals surface area contributed by atoms with Gasteiger partial charge in [-0.15, -0.1) is 0 Å². The van der Waals surface area contributed by atoms with Gasteiger partial charge in [-0.05, 0) is 23.1 Å². The van der Waals surface area contributed by atoms with E-state index < -0.39 is 43.6 Å². The van der Waals surface area contributed by atoms with Crippen molar-refractivity contribution in [2.45, 2.75) is 50.6 Å². The molecule has 0 aliphatic rings. The minimum absolute atomic E-state index is 0.0492. The first kappa shape index (κ1) is 20.5. The van der Waals surface area contributed by atoms with Gasteiger partial charge in [-0.2, -0.15) is 0 Å². The number of aliphatic hydroxyl groups excluding tert-OH is 5. The molecule has 7 heteroatoms. The molecule has 0 fully saturated rings. The molecule has 0 spiro atoms. The Balaban J connectivity index is 2.59. The molecule has 0 bridgehead atoms. The van der Waals surface area contributed by atoms with Crippen molar-refractivity contribution in [3.05, 3.63) is 35.4 Å². The maximum Gasteiger partial charge on any atom is 0.338 e. The van der Waals surface area contributed by atoms with Crippen LogP contribution in [0.2, 0.25) is 0 Å². The highest BCUT2D eigenvalue weighted by Gasteiger charge is 2.30. The summed E-state index contributed by atoms with van der Waals surface area (Å²) in [5.74, 6) is -0.682. The zero-order chi connectivity index (χ0) is 18.5. The maximum absolute atomic E-state index is 11.9. The van der Waals surface area contributed by atoms with Crippen LogP contribution in [0.3, 0.4) is 0 Å². The van der Waals surface area contributed by atoms with Crippen LogP contribution in [0.4, 0.5) is 0 Å². The van der Waals surface area contributed by atoms with Crippen LogP contribution < -0.4 is 0 Å². The molecule has 7 nitrogen and oxygen atoms in total. The van der Waals surface area contributed by atoms with Gasteiger partial charge in [-0.25, -0.2) is 4.79 Å². The van der Waals surface area contributed by atoms with E-state index in [0.29, 0.717) is 5.56 Å². The topological polar surface area (TPSA) is 127 Å². The van der Waals surface area contributed by atoms with Crippen molar-refractivity contribution in [2.24, 2.45) is 0 Å². The zero-order valence-electron chi connectivity index (χ0n) is 14.1. The predicted molar refractivity (Wildman–Crippen MR) is 86.5 cm³/mol. The highest BCUT2D eigenvalue weighted by molar-refractivity contribution is 5.89. The van der Waals surface area contributed by atoms with Crippen LogP contribution in [0, 0.1) is 0 Å². The molecule has 1 aromatic rings. The fourth-order valence-electron chi connectivity index (χ4n) is 2.01. The normalized spacial score (nSPS) is 17.0. The Morgan fingerprint density at radius 3 is 1.96 bits per heavy atom. The standard InChI is InChI=1S/C17H26O7/c1-17(2,3)11-6-4-10(5-7-11)16(23)24-9-13(20)15(22)14(21)12(19)8-18/h4-7,12-15,18-22H,8-9H2,1-3H3/t12-,13+,14+,15+/m0/s1. The summed E-state index contributed by atoms with van der Waals surface area (Å²) in [5, 5.41) is 46.7. The first-order chi connectivity index (χ1) is 11.1. The average molecular weight is 342 g/mol. The van der Waals surface area contributed by atoms with Crippen molar-refractivity contribution in [3.63, 3.8) is 0 Å². The quantitative estimate of drug-likeness (QED) is 0.426. The lowest BCUT2D eigenvalue weighted by molar-refractivity contribution is -0.124. The molecule has 4 atom stereocenters. The Bertz CT molecular complexity index is 521. The SMILES string of the molecule is CC(C)(C)c1ccc(C(=O)OC[C@@H](O)[C@@H](O)[C@H](O)[C@@H](O)CO)cc1. The van der Waals surface area contributed by atoms with Crippen LogP contribution in [0.5, 0.6) is 0 Å². The first-order valence-electron chi connectivity index (χ1n) is 7.68. The van der Waals surface area contributed by atoms with Gasteiger partial charge in [0.15, 0.2) is 0 Å². The van der Waals surface area contributed by atoms with Gasteiger partial charge in [0, 0.05) is 0 Å². The largest absolute Gasteiger partial charge is 0.459 e. The van der Waals surface area contributed by atoms with Crippen molar-refractivity contribution >= 4 is 5.97 Å². The summed E-state index contributed by atoms with van der Waals surface area (Å²) in [7, 11) is 0. The molecule has 1 rings (SSSR count). The molecule has 0 unspecified atom stereocenters. The summed E-state index contributed by atoms with van der Waals surface area (Å²) >= 11 is 0. The number of benzene rings is 1. The van der Waals surface area contributed by atoms with E-state index in [0.717, 1.165) is 5.56 Å². The van der Waals surface area contributed by atoms with E-state index in [1.54, 1.807) is 12.1 Å². The van der Waals surface area contributed by atoms with E-state index in [-0.39, 0.29) is 5.41 Å². The Labute approximate surface area is 141 Å². The van der Waals surface area contributed by atoms with Crippen LogP contribution in [-0.2, 0) is 10.2 Å². The summed E-state index contributed by atoms with van der Waals surface area (Å²) < 4.78 is 4.90. The van der Waals surface area contributed by atoms with Crippen molar-refractivity contribution < 1.29 is 35.1 Å². The molecule has 136 valence electrons. The highest BCUT2D eigenvalue weighted by Crippen LogP contribution is 2.22. The fraction of sp³-hybridized carbons (Fsp3) is 0.588. The lowest BCUT2D eigenvalue weighted by Crippen LogP contribution is -2.47. The number of rotatable bonds is 7. The third-order valence-corrected chi connectivity index (χ3v) is 3.70. The van der Waals surface area contributed by atoms with Gasteiger partial charge in [0.25, 0.3) is 0 Å². The molecule has 1 aromatic carbocycles. The molecule has 0 aromatic heterocycles. The second-order valence-electron chi connectivity index (χ2n) is 6.72. The van der Waals surface area contributed by atoms with E-state index in [1.807, 2.05) is 32.9 Å². The van der Waals surface area contributed by atoms with E-state index in [4.69, 9.17) is 9.84 Å². The van der Waals surface area contributed by atoms with Gasteiger partial charge < -0.3 is 30.3 Å². The Morgan fingerprint density at radius 2 is 1.50 bits per heavy atom. The van der Waals surface area contributed by atoms with E-state index in [1.165, 1.54) is 0 Å². The number of carbonyl (C=O) groups excluding carboxylic acids is 1. The molecule has 24 heavy (non-hydrogen) atoms. The molecule has 5 N–H and O–H groups in total. The third-order valence-electron chi connectivity index (χ3n) is 3.70. The Kier molecular flexibility index (Phi) is 7.31. The molecule has 0 saturated carbocycles. The number of esters is 1. The fourth-order valence-corrected chi connectivity index (χ4v) is 2.01. The molecule has 0 aliphatic heterocycles. The van der Waals surface area contributed by atoms with Crippen LogP contribution in [0.1, 0.15) is 36.7 Å². The summed E-state index contributed by atoms with van der Waals surface area (Å²) in [5.41, 5.74) is 1.29. The lowest BCUT2D eigenvalue weighted by Gasteiger charge is -2.25. The maximum atomic E-state index is 11.9. The van der Waals surface area contributed by atoms with Gasteiger partial charge in [-0.1, -0.05) is 32.9 Å².